The Kier molecular flexibility index (Phi) is 5.53. The van der Waals surface area contributed by atoms with Gasteiger partial charge in [-0.05, 0) is 24.6 Å². The molecule has 0 saturated carbocycles. The summed E-state index contributed by atoms with van der Waals surface area (Å²) in [7, 11) is 1.50. The van der Waals surface area contributed by atoms with Crippen LogP contribution in [-0.4, -0.2) is 64.8 Å². The molecular formula is C19H24N4O5. The van der Waals surface area contributed by atoms with E-state index in [0.29, 0.717) is 24.2 Å². The third-order valence-electron chi connectivity index (χ3n) is 5.06. The predicted octanol–water partition coefficient (Wildman–Crippen LogP) is 0.0983. The van der Waals surface area contributed by atoms with Crippen LogP contribution < -0.4 is 11.1 Å². The van der Waals surface area contributed by atoms with E-state index < -0.39 is 11.8 Å². The highest BCUT2D eigenvalue weighted by molar-refractivity contribution is 5.88. The Morgan fingerprint density at radius 2 is 2.00 bits per heavy atom. The predicted molar refractivity (Wildman–Crippen MR) is 102 cm³/mol. The molecular weight excluding hydrogens is 364 g/mol. The first-order chi connectivity index (χ1) is 13.3. The van der Waals surface area contributed by atoms with Crippen molar-refractivity contribution in [2.24, 2.45) is 0 Å². The molecule has 1 aromatic heterocycles. The number of rotatable bonds is 4. The Morgan fingerprint density at radius 3 is 2.68 bits per heavy atom. The topological polar surface area (TPSA) is 105 Å². The number of fused-ring (bicyclic) bond motifs is 1. The Balaban J connectivity index is 1.71. The summed E-state index contributed by atoms with van der Waals surface area (Å²) >= 11 is 0. The summed E-state index contributed by atoms with van der Waals surface area (Å²) in [5.41, 5.74) is 2.13. The molecule has 1 unspecified atom stereocenters. The lowest BCUT2D eigenvalue weighted by Crippen LogP contribution is -2.60. The van der Waals surface area contributed by atoms with Gasteiger partial charge in [0.2, 0.25) is 17.7 Å². The molecule has 2 heterocycles. The lowest BCUT2D eigenvalue weighted by Gasteiger charge is -2.40. The molecule has 9 heteroatoms. The number of carbonyl (C=O) groups excluding carboxylic acids is 3. The molecule has 1 aliphatic rings. The van der Waals surface area contributed by atoms with E-state index in [1.807, 2.05) is 19.1 Å². The first-order valence-electron chi connectivity index (χ1n) is 9.18. The van der Waals surface area contributed by atoms with Crippen molar-refractivity contribution in [3.63, 3.8) is 0 Å². The summed E-state index contributed by atoms with van der Waals surface area (Å²) in [6.45, 7) is 4.30. The van der Waals surface area contributed by atoms with Gasteiger partial charge in [0, 0.05) is 40.0 Å². The van der Waals surface area contributed by atoms with E-state index in [1.54, 1.807) is 11.0 Å². The van der Waals surface area contributed by atoms with Gasteiger partial charge in [0.05, 0.1) is 12.1 Å². The van der Waals surface area contributed by atoms with Gasteiger partial charge < -0.3 is 19.5 Å². The SMILES string of the molecule is CNC(=O)C1CN(C(=O)CCn2c(=O)oc3ccc(C)cc32)CCN1C(C)=O. The van der Waals surface area contributed by atoms with E-state index in [1.165, 1.54) is 23.4 Å². The Hall–Kier alpha value is -3.10. The van der Waals surface area contributed by atoms with Crippen LogP contribution in [0.1, 0.15) is 18.9 Å². The van der Waals surface area contributed by atoms with Crippen molar-refractivity contribution in [3.05, 3.63) is 34.3 Å². The number of hydrogen-bond donors (Lipinski definition) is 1. The van der Waals surface area contributed by atoms with E-state index in [2.05, 4.69) is 5.32 Å². The van der Waals surface area contributed by atoms with Crippen LogP contribution in [0.25, 0.3) is 11.1 Å². The third kappa shape index (κ3) is 3.78. The number of hydrogen-bond acceptors (Lipinski definition) is 5. The van der Waals surface area contributed by atoms with Gasteiger partial charge in [-0.15, -0.1) is 0 Å². The van der Waals surface area contributed by atoms with E-state index in [-0.39, 0.29) is 37.2 Å². The van der Waals surface area contributed by atoms with Gasteiger partial charge in [0.25, 0.3) is 0 Å². The maximum atomic E-state index is 12.7. The molecule has 28 heavy (non-hydrogen) atoms. The molecule has 0 aliphatic carbocycles. The van der Waals surface area contributed by atoms with Crippen molar-refractivity contribution in [1.29, 1.82) is 0 Å². The van der Waals surface area contributed by atoms with E-state index in [0.717, 1.165) is 5.56 Å². The fourth-order valence-corrected chi connectivity index (χ4v) is 3.53. The smallest absolute Gasteiger partial charge is 0.408 e. The van der Waals surface area contributed by atoms with Crippen LogP contribution in [-0.2, 0) is 20.9 Å². The van der Waals surface area contributed by atoms with Crippen LogP contribution in [0.4, 0.5) is 0 Å². The minimum absolute atomic E-state index is 0.100. The number of piperazine rings is 1. The van der Waals surface area contributed by atoms with Crippen LogP contribution in [0.3, 0.4) is 0 Å². The number of aromatic nitrogens is 1. The van der Waals surface area contributed by atoms with Crippen molar-refractivity contribution >= 4 is 28.8 Å². The molecule has 1 N–H and O–H groups in total. The number of benzene rings is 1. The molecule has 3 amide bonds. The van der Waals surface area contributed by atoms with Crippen molar-refractivity contribution in [3.8, 4) is 0 Å². The maximum Gasteiger partial charge on any atom is 0.419 e. The minimum Gasteiger partial charge on any atom is -0.408 e. The molecule has 1 atom stereocenters. The summed E-state index contributed by atoms with van der Waals surface area (Å²) in [6, 6.07) is 4.73. The lowest BCUT2D eigenvalue weighted by atomic mass is 10.1. The zero-order chi connectivity index (χ0) is 20.4. The van der Waals surface area contributed by atoms with Gasteiger partial charge in [-0.3, -0.25) is 19.0 Å². The highest BCUT2D eigenvalue weighted by atomic mass is 16.4. The number of oxazole rings is 1. The van der Waals surface area contributed by atoms with E-state index in [4.69, 9.17) is 4.42 Å². The fourth-order valence-electron chi connectivity index (χ4n) is 3.53. The zero-order valence-electron chi connectivity index (χ0n) is 16.2. The average Bonchev–Trinajstić information content (AvgIpc) is 2.99. The number of aryl methyl sites for hydroxylation is 2. The molecule has 1 aromatic carbocycles. The lowest BCUT2D eigenvalue weighted by molar-refractivity contribution is -0.147. The normalized spacial score (nSPS) is 17.0. The molecule has 1 fully saturated rings. The minimum atomic E-state index is -0.708. The second-order valence-corrected chi connectivity index (χ2v) is 6.92. The van der Waals surface area contributed by atoms with Gasteiger partial charge in [-0.1, -0.05) is 6.07 Å². The van der Waals surface area contributed by atoms with Crippen LogP contribution >= 0.6 is 0 Å². The van der Waals surface area contributed by atoms with Crippen LogP contribution in [0.5, 0.6) is 0 Å². The fraction of sp³-hybridized carbons (Fsp3) is 0.474. The molecule has 2 aromatic rings. The van der Waals surface area contributed by atoms with Crippen molar-refractivity contribution in [2.75, 3.05) is 26.7 Å². The first-order valence-corrected chi connectivity index (χ1v) is 9.18. The summed E-state index contributed by atoms with van der Waals surface area (Å²) in [5, 5.41) is 2.54. The summed E-state index contributed by atoms with van der Waals surface area (Å²) < 4.78 is 6.67. The maximum absolute atomic E-state index is 12.7. The largest absolute Gasteiger partial charge is 0.419 e. The van der Waals surface area contributed by atoms with Gasteiger partial charge >= 0.3 is 5.76 Å². The number of nitrogens with zero attached hydrogens (tertiary/aromatic N) is 3. The molecule has 0 spiro atoms. The number of nitrogens with one attached hydrogen (secondary N) is 1. The molecule has 0 bridgehead atoms. The second kappa shape index (κ2) is 7.87. The Labute approximate surface area is 161 Å². The molecule has 150 valence electrons. The molecule has 9 nitrogen and oxygen atoms in total. The summed E-state index contributed by atoms with van der Waals surface area (Å²) in [6.07, 6.45) is 0.100. The summed E-state index contributed by atoms with van der Waals surface area (Å²) in [5.74, 6) is -1.18. The van der Waals surface area contributed by atoms with E-state index in [9.17, 15) is 19.2 Å². The van der Waals surface area contributed by atoms with Gasteiger partial charge in [0.15, 0.2) is 5.58 Å². The van der Waals surface area contributed by atoms with Crippen LogP contribution in [0.15, 0.2) is 27.4 Å². The molecule has 3 rings (SSSR count). The Morgan fingerprint density at radius 1 is 1.25 bits per heavy atom. The van der Waals surface area contributed by atoms with Gasteiger partial charge in [0.1, 0.15) is 6.04 Å². The average molecular weight is 388 g/mol. The standard InChI is InChI=1S/C19H24N4O5/c1-12-4-5-16-14(10-12)23(19(27)28-16)7-6-17(25)21-8-9-22(13(2)24)15(11-21)18(26)20-3/h4-5,10,15H,6-9,11H2,1-3H3,(H,20,26). The zero-order valence-corrected chi connectivity index (χ0v) is 16.2. The number of amides is 3. The molecule has 0 radical (unpaired) electrons. The summed E-state index contributed by atoms with van der Waals surface area (Å²) in [4.78, 5) is 51.7. The molecule has 1 saturated heterocycles. The van der Waals surface area contributed by atoms with Crippen molar-refractivity contribution < 1.29 is 18.8 Å². The highest BCUT2D eigenvalue weighted by Crippen LogP contribution is 2.16. The van der Waals surface area contributed by atoms with Gasteiger partial charge in [-0.2, -0.15) is 0 Å². The number of carbonyl (C=O) groups is 3. The van der Waals surface area contributed by atoms with Gasteiger partial charge in [-0.25, -0.2) is 4.79 Å². The first kappa shape index (κ1) is 19.7. The highest BCUT2D eigenvalue weighted by Gasteiger charge is 2.35. The van der Waals surface area contributed by atoms with Crippen LogP contribution in [0.2, 0.25) is 0 Å². The quantitative estimate of drug-likeness (QED) is 0.800. The van der Waals surface area contributed by atoms with Crippen LogP contribution in [0, 0.1) is 6.92 Å². The number of likely N-dealkylation sites (N-methyl/N-ethyl adjacent to an activating group) is 1. The molecule has 1 aliphatic heterocycles. The third-order valence-corrected chi connectivity index (χ3v) is 5.06. The van der Waals surface area contributed by atoms with E-state index >= 15 is 0 Å². The van der Waals surface area contributed by atoms with Crippen molar-refractivity contribution in [2.45, 2.75) is 32.9 Å². The monoisotopic (exact) mass is 388 g/mol. The second-order valence-electron chi connectivity index (χ2n) is 6.92. The Bertz CT molecular complexity index is 976. The van der Waals surface area contributed by atoms with Crippen molar-refractivity contribution in [1.82, 2.24) is 19.7 Å².